The van der Waals surface area contributed by atoms with E-state index in [0.717, 1.165) is 10.4 Å². The molecule has 1 atom stereocenters. The number of ether oxygens (including phenoxy) is 1. The van der Waals surface area contributed by atoms with Crippen LogP contribution in [0.5, 0.6) is 5.75 Å². The normalized spacial score (nSPS) is 11.6. The molecule has 6 nitrogen and oxygen atoms in total. The Kier molecular flexibility index (Phi) is 6.34. The lowest BCUT2D eigenvalue weighted by atomic mass is 10.2. The van der Waals surface area contributed by atoms with Gasteiger partial charge in [0.25, 0.3) is 0 Å². The fraction of sp³-hybridized carbons (Fsp3) is 0.294. The van der Waals surface area contributed by atoms with E-state index in [1.165, 1.54) is 11.3 Å². The van der Waals surface area contributed by atoms with Crippen molar-refractivity contribution in [1.82, 2.24) is 5.32 Å². The zero-order valence-corrected chi connectivity index (χ0v) is 14.4. The highest BCUT2D eigenvalue weighted by Gasteiger charge is 2.18. The maximum absolute atomic E-state index is 12.0. The van der Waals surface area contributed by atoms with Crippen LogP contribution >= 0.6 is 11.3 Å². The Labute approximate surface area is 144 Å². The van der Waals surface area contributed by atoms with Crippen LogP contribution in [0.3, 0.4) is 0 Å². The molecular weight excluding hydrogens is 328 g/mol. The fourth-order valence-electron chi connectivity index (χ4n) is 2.12. The van der Waals surface area contributed by atoms with Crippen LogP contribution < -0.4 is 15.4 Å². The Balaban J connectivity index is 1.91. The molecule has 0 bridgehead atoms. The van der Waals surface area contributed by atoms with Gasteiger partial charge in [-0.1, -0.05) is 12.1 Å². The standard InChI is InChI=1S/C17H20N2O4S/c1-3-23-14-7-5-4-6-12(14)19-17(22)16(21)18-10-13(20)15-11(2)8-9-24-15/h4-9,13,20H,3,10H2,1-2H3,(H,18,21)(H,19,22). The van der Waals surface area contributed by atoms with Crippen molar-refractivity contribution < 1.29 is 19.4 Å². The smallest absolute Gasteiger partial charge is 0.313 e. The van der Waals surface area contributed by atoms with Crippen LogP contribution in [0.4, 0.5) is 5.69 Å². The van der Waals surface area contributed by atoms with Crippen LogP contribution in [0.2, 0.25) is 0 Å². The summed E-state index contributed by atoms with van der Waals surface area (Å²) in [7, 11) is 0. The lowest BCUT2D eigenvalue weighted by Gasteiger charge is -2.13. The highest BCUT2D eigenvalue weighted by molar-refractivity contribution is 7.10. The first-order valence-corrected chi connectivity index (χ1v) is 8.44. The van der Waals surface area contributed by atoms with Crippen LogP contribution in [0.1, 0.15) is 23.5 Å². The number of anilines is 1. The largest absolute Gasteiger partial charge is 0.492 e. The van der Waals surface area contributed by atoms with E-state index >= 15 is 0 Å². The summed E-state index contributed by atoms with van der Waals surface area (Å²) in [4.78, 5) is 24.7. The molecule has 0 fully saturated rings. The van der Waals surface area contributed by atoms with E-state index < -0.39 is 17.9 Å². The predicted molar refractivity (Wildman–Crippen MR) is 93.3 cm³/mol. The summed E-state index contributed by atoms with van der Waals surface area (Å²) in [6.45, 7) is 4.14. The predicted octanol–water partition coefficient (Wildman–Crippen LogP) is 2.24. The number of carbonyl (C=O) groups excluding carboxylic acids is 2. The number of rotatable bonds is 6. The van der Waals surface area contributed by atoms with Crippen molar-refractivity contribution in [2.75, 3.05) is 18.5 Å². The molecule has 24 heavy (non-hydrogen) atoms. The summed E-state index contributed by atoms with van der Waals surface area (Å²) >= 11 is 1.41. The molecule has 1 heterocycles. The number of benzene rings is 1. The first-order chi connectivity index (χ1) is 11.5. The van der Waals surface area contributed by atoms with Gasteiger partial charge >= 0.3 is 11.8 Å². The number of hydrogen-bond acceptors (Lipinski definition) is 5. The SMILES string of the molecule is CCOc1ccccc1NC(=O)C(=O)NCC(O)c1sccc1C. The van der Waals surface area contributed by atoms with Crippen molar-refractivity contribution in [2.24, 2.45) is 0 Å². The zero-order valence-electron chi connectivity index (χ0n) is 13.5. The number of aryl methyl sites for hydroxylation is 1. The van der Waals surface area contributed by atoms with E-state index in [1.54, 1.807) is 24.3 Å². The summed E-state index contributed by atoms with van der Waals surface area (Å²) in [5.41, 5.74) is 1.38. The second kappa shape index (κ2) is 8.47. The number of para-hydroxylation sites is 2. The van der Waals surface area contributed by atoms with E-state index in [-0.39, 0.29) is 6.54 Å². The summed E-state index contributed by atoms with van der Waals surface area (Å²) in [6, 6.07) is 8.77. The molecular formula is C17H20N2O4S. The number of aliphatic hydroxyl groups excluding tert-OH is 1. The van der Waals surface area contributed by atoms with Gasteiger partial charge in [-0.15, -0.1) is 11.3 Å². The molecule has 128 valence electrons. The number of aliphatic hydroxyl groups is 1. The van der Waals surface area contributed by atoms with E-state index in [2.05, 4.69) is 10.6 Å². The number of amides is 2. The summed E-state index contributed by atoms with van der Waals surface area (Å²) in [6.07, 6.45) is -0.836. The Morgan fingerprint density at radius 2 is 2.00 bits per heavy atom. The molecule has 3 N–H and O–H groups in total. The van der Waals surface area contributed by atoms with Crippen LogP contribution in [0.25, 0.3) is 0 Å². The molecule has 1 aromatic carbocycles. The van der Waals surface area contributed by atoms with Crippen molar-refractivity contribution >= 4 is 28.8 Å². The molecule has 1 aromatic heterocycles. The molecule has 0 spiro atoms. The van der Waals surface area contributed by atoms with Crippen LogP contribution in [0, 0.1) is 6.92 Å². The van der Waals surface area contributed by atoms with Crippen molar-refractivity contribution in [1.29, 1.82) is 0 Å². The van der Waals surface area contributed by atoms with Crippen molar-refractivity contribution in [3.63, 3.8) is 0 Å². The Hall–Kier alpha value is -2.38. The van der Waals surface area contributed by atoms with Gasteiger partial charge in [-0.2, -0.15) is 0 Å². The average Bonchev–Trinajstić information content (AvgIpc) is 3.00. The first kappa shape index (κ1) is 18.0. The highest BCUT2D eigenvalue weighted by Crippen LogP contribution is 2.24. The van der Waals surface area contributed by atoms with E-state index in [0.29, 0.717) is 18.0 Å². The third-order valence-electron chi connectivity index (χ3n) is 3.30. The second-order valence-corrected chi connectivity index (χ2v) is 6.02. The van der Waals surface area contributed by atoms with E-state index in [1.807, 2.05) is 25.3 Å². The number of carbonyl (C=O) groups is 2. The molecule has 0 aliphatic rings. The van der Waals surface area contributed by atoms with Crippen LogP contribution in [-0.2, 0) is 9.59 Å². The van der Waals surface area contributed by atoms with Gasteiger partial charge < -0.3 is 20.5 Å². The lowest BCUT2D eigenvalue weighted by Crippen LogP contribution is -2.37. The van der Waals surface area contributed by atoms with Crippen molar-refractivity contribution in [3.8, 4) is 5.75 Å². The maximum atomic E-state index is 12.0. The summed E-state index contributed by atoms with van der Waals surface area (Å²) < 4.78 is 5.39. The summed E-state index contributed by atoms with van der Waals surface area (Å²) in [5.74, 6) is -1.12. The highest BCUT2D eigenvalue weighted by atomic mass is 32.1. The molecule has 2 amide bonds. The minimum absolute atomic E-state index is 0.0271. The first-order valence-electron chi connectivity index (χ1n) is 7.56. The van der Waals surface area contributed by atoms with Gasteiger partial charge in [0.2, 0.25) is 0 Å². The third-order valence-corrected chi connectivity index (χ3v) is 4.42. The second-order valence-electron chi connectivity index (χ2n) is 5.08. The maximum Gasteiger partial charge on any atom is 0.313 e. The molecule has 0 saturated carbocycles. The molecule has 0 aliphatic heterocycles. The number of nitrogens with one attached hydrogen (secondary N) is 2. The van der Waals surface area contributed by atoms with Gasteiger partial charge in [-0.05, 0) is 43.0 Å². The number of hydrogen-bond donors (Lipinski definition) is 3. The van der Waals surface area contributed by atoms with Gasteiger partial charge in [-0.3, -0.25) is 9.59 Å². The van der Waals surface area contributed by atoms with Crippen LogP contribution in [0.15, 0.2) is 35.7 Å². The minimum atomic E-state index is -0.836. The number of thiophene rings is 1. The lowest BCUT2D eigenvalue weighted by molar-refractivity contribution is -0.136. The van der Waals surface area contributed by atoms with E-state index in [4.69, 9.17) is 4.74 Å². The minimum Gasteiger partial charge on any atom is -0.492 e. The van der Waals surface area contributed by atoms with Crippen molar-refractivity contribution in [2.45, 2.75) is 20.0 Å². The van der Waals surface area contributed by atoms with Crippen molar-refractivity contribution in [3.05, 3.63) is 46.2 Å². The fourth-order valence-corrected chi connectivity index (χ4v) is 3.03. The molecule has 2 rings (SSSR count). The quantitative estimate of drug-likeness (QED) is 0.699. The average molecular weight is 348 g/mol. The monoisotopic (exact) mass is 348 g/mol. The summed E-state index contributed by atoms with van der Waals surface area (Å²) in [5, 5.41) is 16.9. The molecule has 2 aromatic rings. The Bertz CT molecular complexity index is 714. The van der Waals surface area contributed by atoms with Crippen LogP contribution in [-0.4, -0.2) is 30.1 Å². The topological polar surface area (TPSA) is 87.7 Å². The van der Waals surface area contributed by atoms with Gasteiger partial charge in [0, 0.05) is 11.4 Å². The zero-order chi connectivity index (χ0) is 17.5. The van der Waals surface area contributed by atoms with Gasteiger partial charge in [0.1, 0.15) is 11.9 Å². The molecule has 0 saturated heterocycles. The molecule has 0 aliphatic carbocycles. The third kappa shape index (κ3) is 4.56. The molecule has 7 heteroatoms. The Morgan fingerprint density at radius 3 is 2.67 bits per heavy atom. The Morgan fingerprint density at radius 1 is 1.25 bits per heavy atom. The molecule has 0 radical (unpaired) electrons. The van der Waals surface area contributed by atoms with Gasteiger partial charge in [0.15, 0.2) is 0 Å². The molecule has 1 unspecified atom stereocenters. The van der Waals surface area contributed by atoms with Gasteiger partial charge in [0.05, 0.1) is 12.3 Å². The van der Waals surface area contributed by atoms with E-state index in [9.17, 15) is 14.7 Å². The van der Waals surface area contributed by atoms with Gasteiger partial charge in [-0.25, -0.2) is 0 Å².